The van der Waals surface area contributed by atoms with Crippen LogP contribution in [0.5, 0.6) is 0 Å². The topological polar surface area (TPSA) is 150 Å². The minimum Gasteiger partial charge on any atom is -0.481 e. The van der Waals surface area contributed by atoms with E-state index in [0.717, 1.165) is 6.07 Å². The van der Waals surface area contributed by atoms with Crippen LogP contribution in [0, 0.1) is 5.82 Å². The number of alkyl halides is 3. The van der Waals surface area contributed by atoms with Crippen LogP contribution in [0.3, 0.4) is 0 Å². The average molecular weight is 573 g/mol. The number of carboxylic acids is 2. The van der Waals surface area contributed by atoms with Crippen molar-refractivity contribution in [3.63, 3.8) is 0 Å². The van der Waals surface area contributed by atoms with Gasteiger partial charge in [-0.25, -0.2) is 17.6 Å². The summed E-state index contributed by atoms with van der Waals surface area (Å²) in [6, 6.07) is 10.8. The fraction of sp³-hybridized carbons (Fsp3) is 0.250. The van der Waals surface area contributed by atoms with Gasteiger partial charge in [0.25, 0.3) is 15.9 Å². The Morgan fingerprint density at radius 1 is 0.944 bits per heavy atom. The second-order valence-corrected chi connectivity index (χ2v) is 10.8. The smallest absolute Gasteiger partial charge is 0.481 e. The van der Waals surface area contributed by atoms with Gasteiger partial charge < -0.3 is 15.5 Å². The first-order valence-corrected chi connectivity index (χ1v) is 13.6. The highest BCUT2D eigenvalue weighted by Gasteiger charge is 2.38. The summed E-state index contributed by atoms with van der Waals surface area (Å²) in [5, 5.41) is 18.3. The molecule has 0 fully saturated rings. The Hall–Kier alpha value is -2.98. The van der Waals surface area contributed by atoms with E-state index in [2.05, 4.69) is 10.0 Å². The Balaban J connectivity index is 0.000000809. The van der Waals surface area contributed by atoms with Gasteiger partial charge in [0.2, 0.25) is 0 Å². The molecule has 0 saturated heterocycles. The van der Waals surface area contributed by atoms with Gasteiger partial charge >= 0.3 is 18.1 Å². The van der Waals surface area contributed by atoms with Crippen molar-refractivity contribution in [2.45, 2.75) is 17.5 Å². The summed E-state index contributed by atoms with van der Waals surface area (Å²) in [5.74, 6) is -3.71. The Bertz CT molecular complexity index is 1160. The Morgan fingerprint density at radius 3 is 2.14 bits per heavy atom. The van der Waals surface area contributed by atoms with E-state index < -0.39 is 39.9 Å². The summed E-state index contributed by atoms with van der Waals surface area (Å²) in [6.07, 6.45) is -5.01. The molecule has 0 bridgehead atoms. The molecule has 2 aromatic rings. The molecule has 198 valence electrons. The van der Waals surface area contributed by atoms with Crippen LogP contribution in [0.1, 0.15) is 16.8 Å². The van der Waals surface area contributed by atoms with Crippen molar-refractivity contribution < 1.29 is 50.6 Å². The SMILES string of the molecule is O=C(O)C(F)(F)F.O=C(O)CCSSCCNC(=O)c1cccc(S(=O)(=O)Nc2ccccc2F)c1. The minimum absolute atomic E-state index is 0.0756. The van der Waals surface area contributed by atoms with Gasteiger partial charge in [-0.05, 0) is 30.3 Å². The molecule has 2 aromatic carbocycles. The van der Waals surface area contributed by atoms with E-state index in [9.17, 15) is 35.6 Å². The number of carbonyl (C=O) groups is 3. The largest absolute Gasteiger partial charge is 0.490 e. The standard InChI is InChI=1S/C18H19FN2O5S3.C2HF3O2/c19-15-6-1-2-7-16(15)21-29(25,26)14-5-3-4-13(12-14)18(24)20-9-11-28-27-10-8-17(22)23;3-2(4,5)1(6)7/h1-7,12,21H,8-11H2,(H,20,24)(H,22,23);(H,6,7). The van der Waals surface area contributed by atoms with Gasteiger partial charge in [-0.3, -0.25) is 14.3 Å². The first-order chi connectivity index (χ1) is 16.7. The molecule has 16 heteroatoms. The molecule has 0 aromatic heterocycles. The zero-order valence-corrected chi connectivity index (χ0v) is 20.6. The number of para-hydroxylation sites is 1. The average Bonchev–Trinajstić information content (AvgIpc) is 2.79. The molecule has 4 N–H and O–H groups in total. The normalized spacial score (nSPS) is 11.1. The number of carbonyl (C=O) groups excluding carboxylic acids is 1. The maximum absolute atomic E-state index is 13.7. The van der Waals surface area contributed by atoms with Crippen molar-refractivity contribution in [1.29, 1.82) is 0 Å². The van der Waals surface area contributed by atoms with E-state index in [4.69, 9.17) is 15.0 Å². The van der Waals surface area contributed by atoms with Crippen molar-refractivity contribution in [3.05, 3.63) is 59.9 Å². The molecule has 0 unspecified atom stereocenters. The van der Waals surface area contributed by atoms with Gasteiger partial charge in [0.15, 0.2) is 0 Å². The zero-order valence-electron chi connectivity index (χ0n) is 18.1. The highest BCUT2D eigenvalue weighted by atomic mass is 33.1. The number of carboxylic acid groups (broad SMARTS) is 2. The summed E-state index contributed by atoms with van der Waals surface area (Å²) >= 11 is 0. The summed E-state index contributed by atoms with van der Waals surface area (Å²) in [4.78, 5) is 31.4. The third-order valence-corrected chi connectivity index (χ3v) is 7.49. The predicted molar refractivity (Wildman–Crippen MR) is 127 cm³/mol. The van der Waals surface area contributed by atoms with E-state index in [1.807, 2.05) is 0 Å². The molecule has 1 amide bonds. The zero-order chi connectivity index (χ0) is 27.4. The lowest BCUT2D eigenvalue weighted by Crippen LogP contribution is -2.26. The van der Waals surface area contributed by atoms with Crippen LogP contribution in [0.25, 0.3) is 0 Å². The van der Waals surface area contributed by atoms with Crippen molar-refractivity contribution in [1.82, 2.24) is 5.32 Å². The third-order valence-electron chi connectivity index (χ3n) is 3.72. The third kappa shape index (κ3) is 11.6. The van der Waals surface area contributed by atoms with Crippen molar-refractivity contribution in [3.8, 4) is 0 Å². The van der Waals surface area contributed by atoms with E-state index in [1.54, 1.807) is 0 Å². The number of sulfonamides is 1. The van der Waals surface area contributed by atoms with Gasteiger partial charge in [-0.1, -0.05) is 39.8 Å². The number of anilines is 1. The van der Waals surface area contributed by atoms with Crippen LogP contribution in [0.15, 0.2) is 53.4 Å². The number of rotatable bonds is 11. The fourth-order valence-electron chi connectivity index (χ4n) is 2.11. The molecule has 0 heterocycles. The van der Waals surface area contributed by atoms with Crippen LogP contribution in [-0.2, 0) is 19.6 Å². The van der Waals surface area contributed by atoms with Gasteiger partial charge in [-0.2, -0.15) is 13.2 Å². The van der Waals surface area contributed by atoms with Gasteiger partial charge in [0, 0.05) is 23.6 Å². The van der Waals surface area contributed by atoms with Crippen LogP contribution in [-0.4, -0.2) is 60.7 Å². The highest BCUT2D eigenvalue weighted by Crippen LogP contribution is 2.21. The molecular formula is C20H20F4N2O7S3. The number of hydrogen-bond donors (Lipinski definition) is 4. The molecule has 0 atom stereocenters. The van der Waals surface area contributed by atoms with Crippen LogP contribution < -0.4 is 10.0 Å². The minimum atomic E-state index is -5.08. The Kier molecular flexibility index (Phi) is 12.5. The second-order valence-electron chi connectivity index (χ2n) is 6.46. The second kappa shape index (κ2) is 14.5. The molecule has 0 spiro atoms. The van der Waals surface area contributed by atoms with Crippen LogP contribution >= 0.6 is 21.6 Å². The Morgan fingerprint density at radius 2 is 1.56 bits per heavy atom. The predicted octanol–water partition coefficient (Wildman–Crippen LogP) is 3.85. The van der Waals surface area contributed by atoms with Gasteiger partial charge in [-0.15, -0.1) is 0 Å². The monoisotopic (exact) mass is 572 g/mol. The van der Waals surface area contributed by atoms with Crippen molar-refractivity contribution in [2.75, 3.05) is 22.8 Å². The lowest BCUT2D eigenvalue weighted by atomic mass is 10.2. The molecule has 9 nitrogen and oxygen atoms in total. The summed E-state index contributed by atoms with van der Waals surface area (Å²) in [7, 11) is -1.22. The number of nitrogens with one attached hydrogen (secondary N) is 2. The van der Waals surface area contributed by atoms with Crippen LogP contribution in [0.2, 0.25) is 0 Å². The van der Waals surface area contributed by atoms with Crippen molar-refractivity contribution >= 4 is 55.1 Å². The molecule has 36 heavy (non-hydrogen) atoms. The Labute approximate surface area is 211 Å². The fourth-order valence-corrected chi connectivity index (χ4v) is 5.11. The number of halogens is 4. The lowest BCUT2D eigenvalue weighted by Gasteiger charge is -2.10. The lowest BCUT2D eigenvalue weighted by molar-refractivity contribution is -0.192. The maximum atomic E-state index is 13.7. The maximum Gasteiger partial charge on any atom is 0.490 e. The molecule has 2 rings (SSSR count). The number of amides is 1. The molecule has 0 aliphatic carbocycles. The van der Waals surface area contributed by atoms with E-state index in [1.165, 1.54) is 64.1 Å². The summed E-state index contributed by atoms with van der Waals surface area (Å²) < 4.78 is 72.6. The van der Waals surface area contributed by atoms with Gasteiger partial charge in [0.1, 0.15) is 5.82 Å². The molecule has 0 radical (unpaired) electrons. The molecular weight excluding hydrogens is 552 g/mol. The molecule has 0 aliphatic heterocycles. The highest BCUT2D eigenvalue weighted by molar-refractivity contribution is 8.76. The molecule has 0 aliphatic rings. The van der Waals surface area contributed by atoms with E-state index in [-0.39, 0.29) is 22.6 Å². The summed E-state index contributed by atoms with van der Waals surface area (Å²) in [5.41, 5.74) is -0.0234. The first kappa shape index (κ1) is 31.1. The first-order valence-electron chi connectivity index (χ1n) is 9.66. The van der Waals surface area contributed by atoms with Gasteiger partial charge in [0.05, 0.1) is 17.0 Å². The van der Waals surface area contributed by atoms with Crippen molar-refractivity contribution in [2.24, 2.45) is 0 Å². The quantitative estimate of drug-likeness (QED) is 0.179. The number of aliphatic carboxylic acids is 2. The summed E-state index contributed by atoms with van der Waals surface area (Å²) in [6.45, 7) is 0.341. The molecule has 0 saturated carbocycles. The number of benzene rings is 2. The van der Waals surface area contributed by atoms with E-state index in [0.29, 0.717) is 18.1 Å². The number of hydrogen-bond acceptors (Lipinski definition) is 7. The van der Waals surface area contributed by atoms with E-state index >= 15 is 0 Å². The van der Waals surface area contributed by atoms with Crippen LogP contribution in [0.4, 0.5) is 23.2 Å².